The number of fused-ring (bicyclic) bond motifs is 4. The zero-order valence-electron chi connectivity index (χ0n) is 20.9. The molecule has 212 valence electrons. The van der Waals surface area contributed by atoms with Gasteiger partial charge in [-0.25, -0.2) is 9.37 Å². The van der Waals surface area contributed by atoms with Gasteiger partial charge in [-0.1, -0.05) is 6.07 Å². The minimum atomic E-state index is -5.09. The predicted octanol–water partition coefficient (Wildman–Crippen LogP) is 3.25. The van der Waals surface area contributed by atoms with E-state index in [0.717, 1.165) is 18.5 Å². The lowest BCUT2D eigenvalue weighted by molar-refractivity contribution is -0.275. The zero-order valence-corrected chi connectivity index (χ0v) is 20.9. The Bertz CT molecular complexity index is 1470. The molecule has 15 heteroatoms. The fourth-order valence-electron chi connectivity index (χ4n) is 5.43. The highest BCUT2D eigenvalue weighted by atomic mass is 19.4. The predicted molar refractivity (Wildman–Crippen MR) is 128 cm³/mol. The van der Waals surface area contributed by atoms with Gasteiger partial charge < -0.3 is 20.5 Å². The smallest absolute Gasteiger partial charge is 0.481 e. The number of carbonyl (C=O) groups excluding carboxylic acids is 2. The van der Waals surface area contributed by atoms with E-state index >= 15 is 0 Å². The van der Waals surface area contributed by atoms with Crippen molar-refractivity contribution in [1.29, 1.82) is 0 Å². The molecule has 0 unspecified atom stereocenters. The van der Waals surface area contributed by atoms with E-state index in [4.69, 9.17) is 0 Å². The molecule has 3 aromatic rings. The lowest BCUT2D eigenvalue weighted by Crippen LogP contribution is -2.50. The van der Waals surface area contributed by atoms with Crippen LogP contribution in [0.3, 0.4) is 0 Å². The summed E-state index contributed by atoms with van der Waals surface area (Å²) in [4.78, 5) is 45.8. The topological polar surface area (TPSA) is 148 Å². The van der Waals surface area contributed by atoms with E-state index in [1.165, 1.54) is 16.6 Å². The molecular formula is C25H24F4N6O5. The Balaban J connectivity index is 1.27. The van der Waals surface area contributed by atoms with Gasteiger partial charge in [-0.2, -0.15) is 14.6 Å². The van der Waals surface area contributed by atoms with Crippen LogP contribution in [0.1, 0.15) is 65.1 Å². The summed E-state index contributed by atoms with van der Waals surface area (Å²) in [5.41, 5.74) is -0.961. The fraction of sp³-hybridized carbons (Fsp3) is 0.440. The van der Waals surface area contributed by atoms with Crippen molar-refractivity contribution in [3.05, 3.63) is 53.4 Å². The summed E-state index contributed by atoms with van der Waals surface area (Å²) in [6, 6.07) is 3.99. The van der Waals surface area contributed by atoms with Gasteiger partial charge in [0.25, 0.3) is 17.6 Å². The minimum Gasteiger partial charge on any atom is -0.481 e. The number of halogens is 4. The molecule has 2 aromatic heterocycles. The summed E-state index contributed by atoms with van der Waals surface area (Å²) >= 11 is 0. The van der Waals surface area contributed by atoms with Gasteiger partial charge >= 0.3 is 12.3 Å². The van der Waals surface area contributed by atoms with Crippen LogP contribution in [-0.2, 0) is 11.3 Å². The molecule has 3 aliphatic carbocycles. The molecule has 3 fully saturated rings. The Kier molecular flexibility index (Phi) is 6.84. The third-order valence-electron chi connectivity index (χ3n) is 7.87. The van der Waals surface area contributed by atoms with Crippen molar-refractivity contribution in [2.75, 3.05) is 6.54 Å². The molecule has 0 atom stereocenters. The summed E-state index contributed by atoms with van der Waals surface area (Å²) in [5.74, 6) is -4.34. The Morgan fingerprint density at radius 3 is 2.38 bits per heavy atom. The first kappa shape index (κ1) is 27.3. The number of hydrogen-bond acceptors (Lipinski definition) is 7. The van der Waals surface area contributed by atoms with Gasteiger partial charge in [0.15, 0.2) is 11.6 Å². The fourth-order valence-corrected chi connectivity index (χ4v) is 5.43. The number of aromatic nitrogens is 4. The van der Waals surface area contributed by atoms with Crippen LogP contribution in [0.5, 0.6) is 5.75 Å². The first-order chi connectivity index (χ1) is 18.9. The van der Waals surface area contributed by atoms with Gasteiger partial charge in [0.2, 0.25) is 0 Å². The Morgan fingerprint density at radius 1 is 1.02 bits per heavy atom. The molecule has 0 aliphatic heterocycles. The number of nitrogens with one attached hydrogen (secondary N) is 2. The monoisotopic (exact) mass is 564 g/mol. The van der Waals surface area contributed by atoms with Crippen molar-refractivity contribution in [1.82, 2.24) is 30.2 Å². The Morgan fingerprint density at radius 2 is 1.73 bits per heavy atom. The molecule has 40 heavy (non-hydrogen) atoms. The number of nitrogens with zero attached hydrogens (tertiary/aromatic N) is 4. The number of alkyl halides is 3. The van der Waals surface area contributed by atoms with Crippen LogP contribution in [0.2, 0.25) is 0 Å². The normalized spacial score (nSPS) is 22.2. The van der Waals surface area contributed by atoms with Crippen molar-refractivity contribution in [3.63, 3.8) is 0 Å². The van der Waals surface area contributed by atoms with E-state index in [1.54, 1.807) is 0 Å². The highest BCUT2D eigenvalue weighted by Crippen LogP contribution is 2.56. The lowest BCUT2D eigenvalue weighted by atomic mass is 9.53. The van der Waals surface area contributed by atoms with Gasteiger partial charge in [-0.3, -0.25) is 14.4 Å². The first-order valence-corrected chi connectivity index (χ1v) is 12.4. The lowest BCUT2D eigenvalue weighted by Gasteiger charge is -2.51. The Labute approximate surface area is 223 Å². The largest absolute Gasteiger partial charge is 0.573 e. The summed E-state index contributed by atoms with van der Waals surface area (Å²) in [6.45, 7) is 0.0449. The van der Waals surface area contributed by atoms with Crippen molar-refractivity contribution in [3.8, 4) is 5.75 Å². The van der Waals surface area contributed by atoms with E-state index in [0.29, 0.717) is 45.1 Å². The number of carbonyl (C=O) groups is 3. The second-order valence-corrected chi connectivity index (χ2v) is 10.3. The first-order valence-electron chi connectivity index (χ1n) is 12.4. The standard InChI is InChI=1S/C25H24F4N6O5/c26-15-2-1-14(9-18(15)40-25(27,28)29)11-30-19(36)16-10-17(35-22(34-16)32-13-33-35)20(37)31-12-23-3-6-24(7-4-23,8-5-23)21(38)39/h1-2,9-10,13H,3-8,11-12H2,(H,30,36)(H,31,37)(H,38,39). The summed E-state index contributed by atoms with van der Waals surface area (Å²) in [7, 11) is 0. The van der Waals surface area contributed by atoms with E-state index in [1.807, 2.05) is 0 Å². The van der Waals surface area contributed by atoms with Crippen LogP contribution < -0.4 is 15.4 Å². The molecule has 0 spiro atoms. The maximum atomic E-state index is 13.7. The molecule has 2 bridgehead atoms. The number of carboxylic acids is 1. The molecule has 3 saturated carbocycles. The molecule has 0 radical (unpaired) electrons. The highest BCUT2D eigenvalue weighted by molar-refractivity contribution is 5.98. The number of amides is 2. The molecule has 2 amide bonds. The van der Waals surface area contributed by atoms with Gasteiger partial charge in [0, 0.05) is 19.2 Å². The van der Waals surface area contributed by atoms with Crippen LogP contribution in [0.4, 0.5) is 17.6 Å². The zero-order chi connectivity index (χ0) is 28.7. The third kappa shape index (κ3) is 5.40. The van der Waals surface area contributed by atoms with Crippen molar-refractivity contribution >= 4 is 23.6 Å². The molecule has 3 aliphatic rings. The molecule has 1 aromatic carbocycles. The van der Waals surface area contributed by atoms with Crippen LogP contribution in [-0.4, -0.2) is 55.4 Å². The quantitative estimate of drug-likeness (QED) is 0.353. The van der Waals surface area contributed by atoms with Gasteiger partial charge in [-0.05, 0) is 61.6 Å². The van der Waals surface area contributed by atoms with Crippen molar-refractivity contribution in [2.24, 2.45) is 10.8 Å². The van der Waals surface area contributed by atoms with E-state index in [9.17, 15) is 37.1 Å². The average molecular weight is 564 g/mol. The van der Waals surface area contributed by atoms with Crippen molar-refractivity contribution < 1.29 is 41.8 Å². The summed E-state index contributed by atoms with van der Waals surface area (Å²) < 4.78 is 56.0. The number of ether oxygens (including phenoxy) is 1. The molecule has 6 rings (SSSR count). The molecule has 2 heterocycles. The molecular weight excluding hydrogens is 540 g/mol. The molecule has 3 N–H and O–H groups in total. The highest BCUT2D eigenvalue weighted by Gasteiger charge is 2.52. The van der Waals surface area contributed by atoms with E-state index in [-0.39, 0.29) is 34.7 Å². The average Bonchev–Trinajstić information content (AvgIpc) is 3.40. The third-order valence-corrected chi connectivity index (χ3v) is 7.87. The minimum absolute atomic E-state index is 0.0156. The second kappa shape index (κ2) is 10.0. The van der Waals surface area contributed by atoms with Crippen LogP contribution in [0, 0.1) is 16.6 Å². The number of hydrogen-bond donors (Lipinski definition) is 3. The second-order valence-electron chi connectivity index (χ2n) is 10.3. The number of rotatable bonds is 8. The van der Waals surface area contributed by atoms with Crippen LogP contribution in [0.25, 0.3) is 5.78 Å². The molecule has 0 saturated heterocycles. The van der Waals surface area contributed by atoms with Crippen LogP contribution >= 0.6 is 0 Å². The van der Waals surface area contributed by atoms with Gasteiger partial charge in [-0.15, -0.1) is 13.2 Å². The van der Waals surface area contributed by atoms with E-state index in [2.05, 4.69) is 30.4 Å². The number of aliphatic carboxylic acids is 1. The van der Waals surface area contributed by atoms with Crippen molar-refractivity contribution in [2.45, 2.75) is 51.4 Å². The van der Waals surface area contributed by atoms with Gasteiger partial charge in [0.1, 0.15) is 17.7 Å². The van der Waals surface area contributed by atoms with Gasteiger partial charge in [0.05, 0.1) is 5.41 Å². The maximum Gasteiger partial charge on any atom is 0.573 e. The summed E-state index contributed by atoms with van der Waals surface area (Å²) in [5, 5.41) is 18.9. The van der Waals surface area contributed by atoms with Crippen LogP contribution in [0.15, 0.2) is 30.6 Å². The number of benzene rings is 1. The molecule has 11 nitrogen and oxygen atoms in total. The SMILES string of the molecule is O=C(NCc1ccc(F)c(OC(F)(F)F)c1)c1cc(C(=O)NCC23CCC(C(=O)O)(CC2)CC3)n2ncnc2n1. The summed E-state index contributed by atoms with van der Waals surface area (Å²) in [6.07, 6.45) is -0.207. The Hall–Kier alpha value is -4.30. The number of carboxylic acid groups (broad SMARTS) is 1. The maximum absolute atomic E-state index is 13.7. The van der Waals surface area contributed by atoms with E-state index < -0.39 is 41.1 Å².